The van der Waals surface area contributed by atoms with E-state index < -0.39 is 5.09 Å². The molecular formula is C14H28NO4. The molecule has 0 aliphatic carbocycles. The zero-order valence-electron chi connectivity index (χ0n) is 12.8. The van der Waals surface area contributed by atoms with Crippen LogP contribution >= 0.6 is 0 Å². The summed E-state index contributed by atoms with van der Waals surface area (Å²) in [6.07, 6.45) is 5.34. The Morgan fingerprint density at radius 3 is 2.16 bits per heavy atom. The van der Waals surface area contributed by atoms with E-state index in [1.165, 1.54) is 12.7 Å². The van der Waals surface area contributed by atoms with Crippen molar-refractivity contribution in [2.45, 2.75) is 65.9 Å². The van der Waals surface area contributed by atoms with Crippen molar-refractivity contribution >= 4 is 0 Å². The van der Waals surface area contributed by atoms with Crippen LogP contribution in [0.1, 0.15) is 60.3 Å². The number of hydrogen-bond acceptors (Lipinski definition) is 4. The molecule has 5 nitrogen and oxygen atoms in total. The van der Waals surface area contributed by atoms with E-state index >= 15 is 0 Å². The van der Waals surface area contributed by atoms with Gasteiger partial charge in [-0.25, -0.2) is 0 Å². The first-order valence-electron chi connectivity index (χ1n) is 6.67. The molecule has 19 heavy (non-hydrogen) atoms. The van der Waals surface area contributed by atoms with Crippen molar-refractivity contribution in [3.63, 3.8) is 0 Å². The molecule has 0 N–H and O–H groups in total. The van der Waals surface area contributed by atoms with Gasteiger partial charge in [-0.05, 0) is 39.7 Å². The van der Waals surface area contributed by atoms with Crippen molar-refractivity contribution in [3.05, 3.63) is 23.0 Å². The van der Waals surface area contributed by atoms with Crippen LogP contribution in [0.2, 0.25) is 0 Å². The Bertz CT molecular complexity index is 234. The van der Waals surface area contributed by atoms with Crippen molar-refractivity contribution in [1.29, 1.82) is 0 Å². The van der Waals surface area contributed by atoms with Crippen LogP contribution in [0.4, 0.5) is 0 Å². The maximum absolute atomic E-state index is 9.72. The predicted molar refractivity (Wildman–Crippen MR) is 76.0 cm³/mol. The van der Waals surface area contributed by atoms with Crippen LogP contribution in [0.25, 0.3) is 0 Å². The fourth-order valence-electron chi connectivity index (χ4n) is 1.17. The number of unbranched alkanes of at least 4 members (excludes halogenated alkanes) is 2. The zero-order valence-corrected chi connectivity index (χ0v) is 12.8. The third-order valence-corrected chi connectivity index (χ3v) is 2.04. The summed E-state index contributed by atoms with van der Waals surface area (Å²) in [4.78, 5) is 13.9. The highest BCUT2D eigenvalue weighted by Gasteiger charge is 2.05. The molecule has 0 aliphatic heterocycles. The van der Waals surface area contributed by atoms with Gasteiger partial charge in [-0.3, -0.25) is 0 Å². The summed E-state index contributed by atoms with van der Waals surface area (Å²) in [5, 5.41) is 8.99. The van der Waals surface area contributed by atoms with Crippen LogP contribution in [0.5, 0.6) is 0 Å². The molecule has 0 fully saturated rings. The van der Waals surface area contributed by atoms with Crippen molar-refractivity contribution in [3.8, 4) is 0 Å². The van der Waals surface area contributed by atoms with Crippen LogP contribution in [0.3, 0.4) is 0 Å². The van der Waals surface area contributed by atoms with Gasteiger partial charge in [-0.2, -0.15) is 0 Å². The SMILES string of the molecule is CC(C)CCCCCO[N+](=O)[O-].[CH]=COC(C)(C)C. The van der Waals surface area contributed by atoms with E-state index in [-0.39, 0.29) is 12.2 Å². The molecule has 0 bridgehead atoms. The van der Waals surface area contributed by atoms with Gasteiger partial charge in [0.2, 0.25) is 0 Å². The summed E-state index contributed by atoms with van der Waals surface area (Å²) in [5.41, 5.74) is -0.130. The van der Waals surface area contributed by atoms with Crippen molar-refractivity contribution in [2.75, 3.05) is 6.61 Å². The third kappa shape index (κ3) is 26.4. The molecule has 0 saturated carbocycles. The van der Waals surface area contributed by atoms with Crippen LogP contribution in [0, 0.1) is 22.6 Å². The zero-order chi connectivity index (χ0) is 15.3. The highest BCUT2D eigenvalue weighted by atomic mass is 16.9. The van der Waals surface area contributed by atoms with Gasteiger partial charge in [0.05, 0.1) is 18.5 Å². The van der Waals surface area contributed by atoms with Crippen LogP contribution in [-0.4, -0.2) is 17.3 Å². The van der Waals surface area contributed by atoms with E-state index in [0.29, 0.717) is 0 Å². The molecule has 0 aliphatic rings. The Morgan fingerprint density at radius 2 is 1.84 bits per heavy atom. The largest absolute Gasteiger partial charge is 0.496 e. The second kappa shape index (κ2) is 11.8. The molecule has 0 aromatic carbocycles. The molecule has 0 amide bonds. The van der Waals surface area contributed by atoms with Gasteiger partial charge in [0.25, 0.3) is 5.09 Å². The first-order valence-corrected chi connectivity index (χ1v) is 6.67. The fraction of sp³-hybridized carbons (Fsp3) is 0.857. The normalized spacial score (nSPS) is 10.4. The lowest BCUT2D eigenvalue weighted by molar-refractivity contribution is -0.757. The first kappa shape index (κ1) is 20.1. The van der Waals surface area contributed by atoms with Gasteiger partial charge >= 0.3 is 0 Å². The molecule has 113 valence electrons. The van der Waals surface area contributed by atoms with Gasteiger partial charge in [-0.1, -0.05) is 33.1 Å². The molecule has 5 heteroatoms. The highest BCUT2D eigenvalue weighted by Crippen LogP contribution is 2.07. The van der Waals surface area contributed by atoms with Gasteiger partial charge in [0, 0.05) is 0 Å². The maximum atomic E-state index is 9.72. The van der Waals surface area contributed by atoms with Gasteiger partial charge in [0.1, 0.15) is 0 Å². The maximum Gasteiger partial charge on any atom is 0.294 e. The Balaban J connectivity index is 0. The van der Waals surface area contributed by atoms with Gasteiger partial charge in [0.15, 0.2) is 0 Å². The second-order valence-electron chi connectivity index (χ2n) is 5.67. The van der Waals surface area contributed by atoms with E-state index in [2.05, 4.69) is 18.7 Å². The van der Waals surface area contributed by atoms with Crippen LogP contribution in [-0.2, 0) is 9.57 Å². The summed E-state index contributed by atoms with van der Waals surface area (Å²) >= 11 is 0. The smallest absolute Gasteiger partial charge is 0.294 e. The minimum absolute atomic E-state index is 0.130. The van der Waals surface area contributed by atoms with Crippen LogP contribution < -0.4 is 0 Å². The Morgan fingerprint density at radius 1 is 1.26 bits per heavy atom. The van der Waals surface area contributed by atoms with E-state index in [1.54, 1.807) is 0 Å². The van der Waals surface area contributed by atoms with Gasteiger partial charge < -0.3 is 9.57 Å². The number of hydrogen-bond donors (Lipinski definition) is 0. The number of rotatable bonds is 8. The second-order valence-corrected chi connectivity index (χ2v) is 5.67. The van der Waals surface area contributed by atoms with E-state index in [9.17, 15) is 10.1 Å². The predicted octanol–water partition coefficient (Wildman–Crippen LogP) is 4.16. The Kier molecular flexibility index (Phi) is 12.5. The summed E-state index contributed by atoms with van der Waals surface area (Å²) in [6.45, 7) is 15.4. The molecule has 0 atom stereocenters. The summed E-state index contributed by atoms with van der Waals surface area (Å²) in [5.74, 6) is 0.724. The fourth-order valence-corrected chi connectivity index (χ4v) is 1.17. The van der Waals surface area contributed by atoms with Crippen molar-refractivity contribution in [1.82, 2.24) is 0 Å². The molecule has 0 heterocycles. The first-order chi connectivity index (χ1) is 8.69. The monoisotopic (exact) mass is 274 g/mol. The molecule has 0 aromatic rings. The lowest BCUT2D eigenvalue weighted by Gasteiger charge is -2.16. The summed E-state index contributed by atoms with van der Waals surface area (Å²) in [7, 11) is 0. The average molecular weight is 274 g/mol. The van der Waals surface area contributed by atoms with E-state index in [4.69, 9.17) is 11.3 Å². The molecular weight excluding hydrogens is 246 g/mol. The quantitative estimate of drug-likeness (QED) is 0.288. The van der Waals surface area contributed by atoms with Gasteiger partial charge in [-0.15, -0.1) is 10.1 Å². The molecule has 0 aromatic heterocycles. The highest BCUT2D eigenvalue weighted by molar-refractivity contribution is 4.62. The lowest BCUT2D eigenvalue weighted by atomic mass is 10.1. The Labute approximate surface area is 117 Å². The van der Waals surface area contributed by atoms with E-state index in [0.717, 1.165) is 25.2 Å². The minimum atomic E-state index is -0.734. The molecule has 0 spiro atoms. The third-order valence-electron chi connectivity index (χ3n) is 2.04. The Hall–Kier alpha value is -1.26. The van der Waals surface area contributed by atoms with Crippen molar-refractivity contribution < 1.29 is 14.7 Å². The van der Waals surface area contributed by atoms with Crippen LogP contribution in [0.15, 0.2) is 6.26 Å². The number of ether oxygens (including phenoxy) is 1. The topological polar surface area (TPSA) is 61.6 Å². The molecule has 0 unspecified atom stereocenters. The summed E-state index contributed by atoms with van der Waals surface area (Å²) in [6, 6.07) is 0. The lowest BCUT2D eigenvalue weighted by Crippen LogP contribution is -2.14. The molecule has 1 radical (unpaired) electrons. The average Bonchev–Trinajstić information content (AvgIpc) is 2.21. The van der Waals surface area contributed by atoms with E-state index in [1.807, 2.05) is 20.8 Å². The molecule has 0 rings (SSSR count). The van der Waals surface area contributed by atoms with Crippen molar-refractivity contribution in [2.24, 2.45) is 5.92 Å². The number of nitrogens with zero attached hydrogens (tertiary/aromatic N) is 1. The standard InChI is InChI=1S/C8H17NO3.C6H11O/c1-8(2)6-4-3-5-7-12-9(10)11;1-5-7-6(2,3)4/h8H,3-7H2,1-2H3;1,5H,2-4H3. The molecule has 0 saturated heterocycles. The summed E-state index contributed by atoms with van der Waals surface area (Å²) < 4.78 is 4.88. The minimum Gasteiger partial charge on any atom is -0.496 e.